The zero-order valence-corrected chi connectivity index (χ0v) is 23.5. The molecular formula is C30H33N5O8. The van der Waals surface area contributed by atoms with E-state index in [1.54, 1.807) is 24.3 Å². The fourth-order valence-electron chi connectivity index (χ4n) is 5.03. The molecular weight excluding hydrogens is 558 g/mol. The highest BCUT2D eigenvalue weighted by molar-refractivity contribution is 6.08. The average molecular weight is 592 g/mol. The summed E-state index contributed by atoms with van der Waals surface area (Å²) in [7, 11) is 0. The van der Waals surface area contributed by atoms with Gasteiger partial charge in [-0.05, 0) is 48.4 Å². The van der Waals surface area contributed by atoms with Crippen molar-refractivity contribution in [2.24, 2.45) is 0 Å². The molecule has 1 fully saturated rings. The summed E-state index contributed by atoms with van der Waals surface area (Å²) in [6.45, 7) is 2.56. The van der Waals surface area contributed by atoms with E-state index in [1.807, 2.05) is 24.3 Å². The van der Waals surface area contributed by atoms with Crippen LogP contribution in [0.2, 0.25) is 0 Å². The maximum Gasteiger partial charge on any atom is 0.274 e. The third-order valence-corrected chi connectivity index (χ3v) is 7.15. The first-order valence-electron chi connectivity index (χ1n) is 14.0. The topological polar surface area (TPSA) is 168 Å². The number of amides is 4. The second-order valence-electron chi connectivity index (χ2n) is 9.98. The van der Waals surface area contributed by atoms with Gasteiger partial charge in [-0.3, -0.25) is 24.5 Å². The number of anilines is 2. The number of nitrogens with zero attached hydrogens (tertiary/aromatic N) is 2. The van der Waals surface area contributed by atoms with E-state index >= 15 is 0 Å². The molecule has 2 aliphatic rings. The minimum atomic E-state index is -0.701. The minimum absolute atomic E-state index is 0.183. The lowest BCUT2D eigenvalue weighted by Crippen LogP contribution is -2.52. The number of aliphatic hydroxyl groups is 1. The highest BCUT2D eigenvalue weighted by Crippen LogP contribution is 2.30. The van der Waals surface area contributed by atoms with Crippen LogP contribution in [0.15, 0.2) is 48.5 Å². The number of hydrogen-bond acceptors (Lipinski definition) is 10. The fraction of sp³-hybridized carbons (Fsp3) is 0.367. The van der Waals surface area contributed by atoms with Gasteiger partial charge in [-0.2, -0.15) is 0 Å². The van der Waals surface area contributed by atoms with Crippen molar-refractivity contribution >= 4 is 45.9 Å². The monoisotopic (exact) mass is 591 g/mol. The van der Waals surface area contributed by atoms with Gasteiger partial charge in [-0.25, -0.2) is 4.98 Å². The Balaban J connectivity index is 1.15. The van der Waals surface area contributed by atoms with Crippen LogP contribution in [0.25, 0.3) is 10.9 Å². The largest absolute Gasteiger partial charge is 0.382 e. The molecule has 0 saturated carbocycles. The Morgan fingerprint density at radius 3 is 2.58 bits per heavy atom. The molecule has 43 heavy (non-hydrogen) atoms. The summed E-state index contributed by atoms with van der Waals surface area (Å²) in [5, 5.41) is 17.8. The summed E-state index contributed by atoms with van der Waals surface area (Å²) >= 11 is 0. The lowest BCUT2D eigenvalue weighted by atomic mass is 10.0. The number of imide groups is 1. The van der Waals surface area contributed by atoms with Gasteiger partial charge < -0.3 is 34.9 Å². The lowest BCUT2D eigenvalue weighted by molar-refractivity contribution is -0.136. The summed E-state index contributed by atoms with van der Waals surface area (Å²) in [4.78, 5) is 56.0. The van der Waals surface area contributed by atoms with Gasteiger partial charge in [0.05, 0.1) is 38.6 Å². The maximum atomic E-state index is 13.1. The number of ether oxygens (including phenoxy) is 3. The van der Waals surface area contributed by atoms with Gasteiger partial charge in [0, 0.05) is 41.8 Å². The van der Waals surface area contributed by atoms with E-state index in [1.165, 1.54) is 4.90 Å². The van der Waals surface area contributed by atoms with Crippen LogP contribution in [-0.4, -0.2) is 91.0 Å². The van der Waals surface area contributed by atoms with Crippen LogP contribution in [0.4, 0.5) is 11.4 Å². The number of fused-ring (bicyclic) bond motifs is 2. The van der Waals surface area contributed by atoms with Gasteiger partial charge >= 0.3 is 0 Å². The van der Waals surface area contributed by atoms with Gasteiger partial charge in [0.15, 0.2) is 0 Å². The standard InChI is InChI=1S/C30H33N5O8/c36-18-43-15-14-42-13-12-41-11-10-31-23-2-1-3-24-21(23)6-7-25(33-24)28(38)32-20-5-4-19-17-35(30(40)22(19)16-20)26-8-9-27(37)34-29(26)39/h1-7,16,26,31,36H,8-15,17-18H2,(H,32,38)(H,34,37,39). The number of hydrogen-bond donors (Lipinski definition) is 4. The predicted molar refractivity (Wildman–Crippen MR) is 155 cm³/mol. The van der Waals surface area contributed by atoms with Crippen molar-refractivity contribution in [3.63, 3.8) is 0 Å². The first kappa shape index (κ1) is 30.0. The molecule has 4 N–H and O–H groups in total. The molecule has 1 unspecified atom stereocenters. The Morgan fingerprint density at radius 2 is 1.79 bits per heavy atom. The highest BCUT2D eigenvalue weighted by Gasteiger charge is 2.39. The molecule has 5 rings (SSSR count). The Labute approximate surface area is 247 Å². The average Bonchev–Trinajstić information content (AvgIpc) is 3.33. The van der Waals surface area contributed by atoms with Gasteiger partial charge in [-0.1, -0.05) is 12.1 Å². The first-order valence-corrected chi connectivity index (χ1v) is 14.0. The predicted octanol–water partition coefficient (Wildman–Crippen LogP) is 1.66. The summed E-state index contributed by atoms with van der Waals surface area (Å²) in [6.07, 6.45) is 0.467. The molecule has 0 radical (unpaired) electrons. The molecule has 1 saturated heterocycles. The molecule has 1 atom stereocenters. The van der Waals surface area contributed by atoms with Crippen molar-refractivity contribution in [1.82, 2.24) is 15.2 Å². The van der Waals surface area contributed by atoms with Crippen molar-refractivity contribution in [1.29, 1.82) is 0 Å². The number of nitrogens with one attached hydrogen (secondary N) is 3. The number of rotatable bonds is 14. The zero-order chi connectivity index (χ0) is 30.2. The molecule has 13 nitrogen and oxygen atoms in total. The Bertz CT molecular complexity index is 1510. The van der Waals surface area contributed by atoms with E-state index < -0.39 is 17.9 Å². The number of carbonyl (C=O) groups is 4. The highest BCUT2D eigenvalue weighted by atomic mass is 16.6. The molecule has 4 amide bonds. The third kappa shape index (κ3) is 7.32. The van der Waals surface area contributed by atoms with Crippen LogP contribution in [0.5, 0.6) is 0 Å². The van der Waals surface area contributed by atoms with Crippen LogP contribution in [0.3, 0.4) is 0 Å². The van der Waals surface area contributed by atoms with Gasteiger partial charge in [-0.15, -0.1) is 0 Å². The lowest BCUT2D eigenvalue weighted by Gasteiger charge is -2.29. The van der Waals surface area contributed by atoms with Crippen LogP contribution in [-0.2, 0) is 30.3 Å². The Hall–Kier alpha value is -4.43. The summed E-state index contributed by atoms with van der Waals surface area (Å²) < 4.78 is 15.7. The van der Waals surface area contributed by atoms with Crippen molar-refractivity contribution in [3.8, 4) is 0 Å². The number of piperidine rings is 1. The van der Waals surface area contributed by atoms with Crippen molar-refractivity contribution in [2.45, 2.75) is 25.4 Å². The number of pyridine rings is 1. The summed E-state index contributed by atoms with van der Waals surface area (Å²) in [6, 6.07) is 13.4. The molecule has 226 valence electrons. The zero-order valence-electron chi connectivity index (χ0n) is 23.5. The SMILES string of the molecule is O=C1CCC(N2Cc3ccc(NC(=O)c4ccc5c(NCCOCCOCCOCO)cccc5n4)cc3C2=O)C(=O)N1. The molecule has 13 heteroatoms. The second kappa shape index (κ2) is 14.2. The number of aliphatic hydroxyl groups excluding tert-OH is 1. The fourth-order valence-corrected chi connectivity index (χ4v) is 5.03. The van der Waals surface area contributed by atoms with Crippen LogP contribution in [0, 0.1) is 0 Å². The van der Waals surface area contributed by atoms with E-state index in [-0.39, 0.29) is 43.7 Å². The van der Waals surface area contributed by atoms with Crippen molar-refractivity contribution in [2.75, 3.05) is 57.0 Å². The molecule has 0 aliphatic carbocycles. The van der Waals surface area contributed by atoms with E-state index in [9.17, 15) is 19.2 Å². The molecule has 3 heterocycles. The first-order chi connectivity index (χ1) is 20.9. The third-order valence-electron chi connectivity index (χ3n) is 7.15. The molecule has 0 bridgehead atoms. The molecule has 0 spiro atoms. The van der Waals surface area contributed by atoms with E-state index in [4.69, 9.17) is 19.3 Å². The second-order valence-corrected chi connectivity index (χ2v) is 9.98. The molecule has 3 aromatic rings. The maximum absolute atomic E-state index is 13.1. The number of aromatic nitrogens is 1. The smallest absolute Gasteiger partial charge is 0.274 e. The van der Waals surface area contributed by atoms with Gasteiger partial charge in [0.1, 0.15) is 18.5 Å². The van der Waals surface area contributed by atoms with E-state index in [0.717, 1.165) is 16.6 Å². The summed E-state index contributed by atoms with van der Waals surface area (Å²) in [5.74, 6) is -1.54. The molecule has 1 aromatic heterocycles. The van der Waals surface area contributed by atoms with Crippen LogP contribution < -0.4 is 16.0 Å². The Kier molecular flexibility index (Phi) is 9.89. The minimum Gasteiger partial charge on any atom is -0.382 e. The Morgan fingerprint density at radius 1 is 1.00 bits per heavy atom. The van der Waals surface area contributed by atoms with Crippen molar-refractivity contribution in [3.05, 3.63) is 65.4 Å². The van der Waals surface area contributed by atoms with Crippen LogP contribution in [0.1, 0.15) is 39.3 Å². The molecule has 2 aliphatic heterocycles. The number of benzene rings is 2. The van der Waals surface area contributed by atoms with Crippen LogP contribution >= 0.6 is 0 Å². The normalized spacial score (nSPS) is 16.3. The summed E-state index contributed by atoms with van der Waals surface area (Å²) in [5.41, 5.74) is 3.31. The van der Waals surface area contributed by atoms with Gasteiger partial charge in [0.2, 0.25) is 11.8 Å². The number of carbonyl (C=O) groups excluding carboxylic acids is 4. The quantitative estimate of drug-likeness (QED) is 0.123. The van der Waals surface area contributed by atoms with Gasteiger partial charge in [0.25, 0.3) is 11.8 Å². The molecule has 2 aromatic carbocycles. The van der Waals surface area contributed by atoms with E-state index in [2.05, 4.69) is 20.9 Å². The van der Waals surface area contributed by atoms with E-state index in [0.29, 0.717) is 56.3 Å². The van der Waals surface area contributed by atoms with Crippen molar-refractivity contribution < 1.29 is 38.5 Å².